The standard InChI is InChI=1S/C8H7F2NO2/c1-4(12)11-6-3-2-5(9)7(10)8(6)13/h2-3,13H,1H3,(H,11,12). The number of carbonyl (C=O) groups is 1. The quantitative estimate of drug-likeness (QED) is 0.656. The van der Waals surface area contributed by atoms with Gasteiger partial charge in [0.25, 0.3) is 0 Å². The number of phenolic OH excluding ortho intramolecular Hbond substituents is 1. The second-order valence-corrected chi connectivity index (χ2v) is 2.44. The van der Waals surface area contributed by atoms with Gasteiger partial charge in [-0.05, 0) is 12.1 Å². The van der Waals surface area contributed by atoms with Crippen molar-refractivity contribution in [3.63, 3.8) is 0 Å². The molecule has 0 saturated carbocycles. The zero-order valence-electron chi connectivity index (χ0n) is 6.77. The zero-order chi connectivity index (χ0) is 10.0. The number of anilines is 1. The van der Waals surface area contributed by atoms with E-state index in [1.807, 2.05) is 0 Å². The molecular weight excluding hydrogens is 180 g/mol. The molecule has 0 aliphatic heterocycles. The van der Waals surface area contributed by atoms with Gasteiger partial charge in [0, 0.05) is 6.92 Å². The molecule has 1 rings (SSSR count). The predicted molar refractivity (Wildman–Crippen MR) is 42.3 cm³/mol. The first-order valence-electron chi connectivity index (χ1n) is 3.47. The van der Waals surface area contributed by atoms with Crippen LogP contribution in [0, 0.1) is 11.6 Å². The SMILES string of the molecule is CC(=O)Nc1ccc(F)c(F)c1O. The highest BCUT2D eigenvalue weighted by Crippen LogP contribution is 2.27. The number of carbonyl (C=O) groups excluding carboxylic acids is 1. The highest BCUT2D eigenvalue weighted by Gasteiger charge is 2.12. The lowest BCUT2D eigenvalue weighted by atomic mass is 10.2. The minimum Gasteiger partial charge on any atom is -0.503 e. The maximum Gasteiger partial charge on any atom is 0.221 e. The minimum absolute atomic E-state index is 0.147. The van der Waals surface area contributed by atoms with Crippen LogP contribution in [-0.4, -0.2) is 11.0 Å². The summed E-state index contributed by atoms with van der Waals surface area (Å²) in [4.78, 5) is 10.5. The summed E-state index contributed by atoms with van der Waals surface area (Å²) in [5.74, 6) is -3.89. The summed E-state index contributed by atoms with van der Waals surface area (Å²) in [5.41, 5.74) is -0.147. The number of benzene rings is 1. The summed E-state index contributed by atoms with van der Waals surface area (Å²) in [6.07, 6.45) is 0. The summed E-state index contributed by atoms with van der Waals surface area (Å²) in [6.45, 7) is 1.20. The number of hydrogen-bond donors (Lipinski definition) is 2. The van der Waals surface area contributed by atoms with E-state index in [0.717, 1.165) is 12.1 Å². The van der Waals surface area contributed by atoms with Crippen molar-refractivity contribution in [2.24, 2.45) is 0 Å². The fourth-order valence-electron chi connectivity index (χ4n) is 0.830. The first-order valence-corrected chi connectivity index (χ1v) is 3.47. The van der Waals surface area contributed by atoms with Crippen molar-refractivity contribution in [2.45, 2.75) is 6.92 Å². The Kier molecular flexibility index (Phi) is 2.46. The van der Waals surface area contributed by atoms with Crippen LogP contribution in [0.15, 0.2) is 12.1 Å². The fraction of sp³-hybridized carbons (Fsp3) is 0.125. The molecule has 0 atom stereocenters. The van der Waals surface area contributed by atoms with Crippen molar-refractivity contribution in [1.82, 2.24) is 0 Å². The molecule has 3 nitrogen and oxygen atoms in total. The van der Waals surface area contributed by atoms with Gasteiger partial charge in [0.1, 0.15) is 0 Å². The molecule has 2 N–H and O–H groups in total. The Morgan fingerprint density at radius 1 is 1.46 bits per heavy atom. The third-order valence-electron chi connectivity index (χ3n) is 1.38. The number of phenols is 1. The molecular formula is C8H7F2NO2. The molecule has 0 aliphatic carbocycles. The van der Waals surface area contributed by atoms with E-state index in [-0.39, 0.29) is 5.69 Å². The van der Waals surface area contributed by atoms with E-state index in [4.69, 9.17) is 5.11 Å². The topological polar surface area (TPSA) is 49.3 Å². The van der Waals surface area contributed by atoms with Gasteiger partial charge in [0.2, 0.25) is 11.7 Å². The maximum absolute atomic E-state index is 12.7. The van der Waals surface area contributed by atoms with Crippen molar-refractivity contribution >= 4 is 11.6 Å². The van der Waals surface area contributed by atoms with Crippen LogP contribution in [0.4, 0.5) is 14.5 Å². The van der Waals surface area contributed by atoms with Gasteiger partial charge in [0.05, 0.1) is 5.69 Å². The van der Waals surface area contributed by atoms with Crippen molar-refractivity contribution in [1.29, 1.82) is 0 Å². The molecule has 0 aliphatic rings. The number of amides is 1. The summed E-state index contributed by atoms with van der Waals surface area (Å²) >= 11 is 0. The molecule has 0 spiro atoms. The molecule has 5 heteroatoms. The molecule has 0 unspecified atom stereocenters. The first-order chi connectivity index (χ1) is 6.02. The number of halogens is 2. The summed E-state index contributed by atoms with van der Waals surface area (Å²) < 4.78 is 25.1. The number of rotatable bonds is 1. The third kappa shape index (κ3) is 1.93. The minimum atomic E-state index is -1.37. The Bertz CT molecular complexity index is 352. The molecule has 1 amide bonds. The Morgan fingerprint density at radius 3 is 2.62 bits per heavy atom. The van der Waals surface area contributed by atoms with Crippen LogP contribution in [0.25, 0.3) is 0 Å². The molecule has 70 valence electrons. The Morgan fingerprint density at radius 2 is 2.08 bits per heavy atom. The fourth-order valence-corrected chi connectivity index (χ4v) is 0.830. The molecule has 1 aromatic carbocycles. The van der Waals surface area contributed by atoms with Crippen LogP contribution in [0.5, 0.6) is 5.75 Å². The van der Waals surface area contributed by atoms with E-state index in [1.165, 1.54) is 6.92 Å². The van der Waals surface area contributed by atoms with Crippen molar-refractivity contribution in [2.75, 3.05) is 5.32 Å². The summed E-state index contributed by atoms with van der Waals surface area (Å²) in [7, 11) is 0. The first kappa shape index (κ1) is 9.44. The number of aromatic hydroxyl groups is 1. The van der Waals surface area contributed by atoms with Gasteiger partial charge >= 0.3 is 0 Å². The molecule has 0 fully saturated rings. The largest absolute Gasteiger partial charge is 0.503 e. The summed E-state index contributed by atoms with van der Waals surface area (Å²) in [6, 6.07) is 1.90. The zero-order valence-corrected chi connectivity index (χ0v) is 6.77. The van der Waals surface area contributed by atoms with Crippen LogP contribution < -0.4 is 5.32 Å². The lowest BCUT2D eigenvalue weighted by molar-refractivity contribution is -0.114. The molecule has 0 bridgehead atoms. The molecule has 0 heterocycles. The van der Waals surface area contributed by atoms with Crippen LogP contribution in [0.3, 0.4) is 0 Å². The van der Waals surface area contributed by atoms with Crippen molar-refractivity contribution in [3.8, 4) is 5.75 Å². The molecule has 1 aromatic rings. The predicted octanol–water partition coefficient (Wildman–Crippen LogP) is 1.63. The third-order valence-corrected chi connectivity index (χ3v) is 1.38. The maximum atomic E-state index is 12.7. The van der Waals surface area contributed by atoms with Crippen LogP contribution in [0.1, 0.15) is 6.92 Å². The second-order valence-electron chi connectivity index (χ2n) is 2.44. The number of hydrogen-bond acceptors (Lipinski definition) is 2. The molecule has 0 radical (unpaired) electrons. The van der Waals surface area contributed by atoms with Crippen molar-refractivity contribution in [3.05, 3.63) is 23.8 Å². The van der Waals surface area contributed by atoms with Gasteiger partial charge in [0.15, 0.2) is 11.6 Å². The average molecular weight is 187 g/mol. The molecule has 0 aromatic heterocycles. The van der Waals surface area contributed by atoms with Gasteiger partial charge < -0.3 is 10.4 Å². The highest BCUT2D eigenvalue weighted by atomic mass is 19.2. The summed E-state index contributed by atoms with van der Waals surface area (Å²) in [5, 5.41) is 11.1. The average Bonchev–Trinajstić information content (AvgIpc) is 2.06. The van der Waals surface area contributed by atoms with E-state index in [1.54, 1.807) is 0 Å². The normalized spacial score (nSPS) is 9.77. The van der Waals surface area contributed by atoms with E-state index in [2.05, 4.69) is 5.32 Å². The van der Waals surface area contributed by atoms with Gasteiger partial charge in [-0.2, -0.15) is 4.39 Å². The number of nitrogens with one attached hydrogen (secondary N) is 1. The Hall–Kier alpha value is -1.65. The van der Waals surface area contributed by atoms with Crippen LogP contribution in [0.2, 0.25) is 0 Å². The Labute approximate surface area is 73.0 Å². The van der Waals surface area contributed by atoms with Gasteiger partial charge in [-0.25, -0.2) is 4.39 Å². The van der Waals surface area contributed by atoms with E-state index in [0.29, 0.717) is 0 Å². The molecule has 13 heavy (non-hydrogen) atoms. The second kappa shape index (κ2) is 3.38. The molecule has 0 saturated heterocycles. The van der Waals surface area contributed by atoms with E-state index >= 15 is 0 Å². The smallest absolute Gasteiger partial charge is 0.221 e. The van der Waals surface area contributed by atoms with Gasteiger partial charge in [-0.1, -0.05) is 0 Å². The highest BCUT2D eigenvalue weighted by molar-refractivity contribution is 5.90. The monoisotopic (exact) mass is 187 g/mol. The van der Waals surface area contributed by atoms with Gasteiger partial charge in [-0.15, -0.1) is 0 Å². The van der Waals surface area contributed by atoms with E-state index in [9.17, 15) is 13.6 Å². The van der Waals surface area contributed by atoms with Crippen LogP contribution in [-0.2, 0) is 4.79 Å². The Balaban J connectivity index is 3.10. The lowest BCUT2D eigenvalue weighted by Gasteiger charge is -2.05. The van der Waals surface area contributed by atoms with Crippen molar-refractivity contribution < 1.29 is 18.7 Å². The van der Waals surface area contributed by atoms with Gasteiger partial charge in [-0.3, -0.25) is 4.79 Å². The van der Waals surface area contributed by atoms with Crippen LogP contribution >= 0.6 is 0 Å². The lowest BCUT2D eigenvalue weighted by Crippen LogP contribution is -2.06. The van der Waals surface area contributed by atoms with E-state index < -0.39 is 23.3 Å².